The van der Waals surface area contributed by atoms with Gasteiger partial charge >= 0.3 is 6.18 Å². The molecule has 0 radical (unpaired) electrons. The number of ketones is 1. The maximum atomic E-state index is 13.0. The van der Waals surface area contributed by atoms with Gasteiger partial charge in [-0.1, -0.05) is 12.1 Å². The first kappa shape index (κ1) is 20.3. The van der Waals surface area contributed by atoms with Crippen LogP contribution in [0.2, 0.25) is 0 Å². The minimum atomic E-state index is -4.61. The minimum Gasteiger partial charge on any atom is -0.497 e. The van der Waals surface area contributed by atoms with Crippen molar-refractivity contribution in [2.75, 3.05) is 12.4 Å². The van der Waals surface area contributed by atoms with Crippen molar-refractivity contribution >= 4 is 17.4 Å². The molecule has 144 valence electrons. The van der Waals surface area contributed by atoms with E-state index < -0.39 is 23.8 Å². The van der Waals surface area contributed by atoms with Gasteiger partial charge in [0.2, 0.25) is 0 Å². The zero-order valence-electron chi connectivity index (χ0n) is 14.9. The molecule has 5 nitrogen and oxygen atoms in total. The van der Waals surface area contributed by atoms with Crippen molar-refractivity contribution in [1.29, 1.82) is 0 Å². The Morgan fingerprint density at radius 3 is 2.37 bits per heavy atom. The Hall–Kier alpha value is -3.03. The van der Waals surface area contributed by atoms with Crippen LogP contribution in [0.15, 0.2) is 42.5 Å². The van der Waals surface area contributed by atoms with Gasteiger partial charge < -0.3 is 14.8 Å². The number of rotatable bonds is 6. The normalized spacial score (nSPS) is 12.2. The summed E-state index contributed by atoms with van der Waals surface area (Å²) in [5.74, 6) is -0.565. The molecule has 0 aliphatic rings. The Kier molecular flexibility index (Phi) is 6.09. The molecule has 2 aromatic carbocycles. The molecule has 0 aliphatic carbocycles. The topological polar surface area (TPSA) is 64.6 Å². The average Bonchev–Trinajstić information content (AvgIpc) is 2.60. The van der Waals surface area contributed by atoms with Gasteiger partial charge in [0.05, 0.1) is 23.9 Å². The standard InChI is InChI=1S/C19H18F3NO4/c1-11(24)14-9-8-13(26-3)10-17(14)27-12(2)18(25)23-16-7-5-4-6-15(16)19(20,21)22/h4-10,12H,1-3H3,(H,23,25). The molecule has 0 fully saturated rings. The van der Waals surface area contributed by atoms with Crippen LogP contribution >= 0.6 is 0 Å². The van der Waals surface area contributed by atoms with Crippen molar-refractivity contribution in [3.63, 3.8) is 0 Å². The number of nitrogens with one attached hydrogen (secondary N) is 1. The van der Waals surface area contributed by atoms with Gasteiger partial charge in [-0.3, -0.25) is 9.59 Å². The fourth-order valence-corrected chi connectivity index (χ4v) is 2.34. The highest BCUT2D eigenvalue weighted by Crippen LogP contribution is 2.34. The molecule has 0 aliphatic heterocycles. The van der Waals surface area contributed by atoms with Crippen LogP contribution in [0, 0.1) is 0 Å². The summed E-state index contributed by atoms with van der Waals surface area (Å²) in [5, 5.41) is 2.21. The molecule has 1 N–H and O–H groups in total. The van der Waals surface area contributed by atoms with Crippen LogP contribution in [0.5, 0.6) is 11.5 Å². The summed E-state index contributed by atoms with van der Waals surface area (Å²) < 4.78 is 49.7. The van der Waals surface area contributed by atoms with Gasteiger partial charge in [-0.05, 0) is 38.1 Å². The fourth-order valence-electron chi connectivity index (χ4n) is 2.34. The summed E-state index contributed by atoms with van der Waals surface area (Å²) >= 11 is 0. The number of methoxy groups -OCH3 is 1. The van der Waals surface area contributed by atoms with Crippen LogP contribution < -0.4 is 14.8 Å². The second kappa shape index (κ2) is 8.11. The average molecular weight is 381 g/mol. The molecule has 1 amide bonds. The number of ether oxygens (including phenoxy) is 2. The lowest BCUT2D eigenvalue weighted by atomic mass is 10.1. The molecule has 0 aromatic heterocycles. The largest absolute Gasteiger partial charge is 0.497 e. The molecule has 0 spiro atoms. The van der Waals surface area contributed by atoms with E-state index in [0.29, 0.717) is 5.75 Å². The van der Waals surface area contributed by atoms with Crippen molar-refractivity contribution in [3.05, 3.63) is 53.6 Å². The number of halogens is 3. The summed E-state index contributed by atoms with van der Waals surface area (Å²) in [7, 11) is 1.43. The van der Waals surface area contributed by atoms with Crippen LogP contribution in [0.4, 0.5) is 18.9 Å². The van der Waals surface area contributed by atoms with E-state index in [1.165, 1.54) is 45.2 Å². The number of carbonyl (C=O) groups is 2. The zero-order chi connectivity index (χ0) is 20.2. The molecule has 0 heterocycles. The van der Waals surface area contributed by atoms with Crippen LogP contribution in [0.3, 0.4) is 0 Å². The monoisotopic (exact) mass is 381 g/mol. The third kappa shape index (κ3) is 4.99. The number of alkyl halides is 3. The Labute approximate surface area is 154 Å². The Balaban J connectivity index is 2.22. The summed E-state index contributed by atoms with van der Waals surface area (Å²) in [4.78, 5) is 24.0. The lowest BCUT2D eigenvalue weighted by Crippen LogP contribution is -2.31. The maximum absolute atomic E-state index is 13.0. The van der Waals surface area contributed by atoms with E-state index in [1.807, 2.05) is 0 Å². The Bertz CT molecular complexity index is 849. The Morgan fingerprint density at radius 2 is 1.78 bits per heavy atom. The van der Waals surface area contributed by atoms with Crippen LogP contribution in [-0.4, -0.2) is 24.9 Å². The highest BCUT2D eigenvalue weighted by atomic mass is 19.4. The van der Waals surface area contributed by atoms with Crippen molar-refractivity contribution in [1.82, 2.24) is 0 Å². The van der Waals surface area contributed by atoms with Crippen molar-refractivity contribution < 1.29 is 32.2 Å². The minimum absolute atomic E-state index is 0.105. The van der Waals surface area contributed by atoms with Gasteiger partial charge in [0.15, 0.2) is 11.9 Å². The van der Waals surface area contributed by atoms with E-state index in [4.69, 9.17) is 9.47 Å². The Morgan fingerprint density at radius 1 is 1.11 bits per heavy atom. The highest BCUT2D eigenvalue weighted by Gasteiger charge is 2.34. The first-order valence-electron chi connectivity index (χ1n) is 7.96. The van der Waals surface area contributed by atoms with E-state index in [9.17, 15) is 22.8 Å². The number of amides is 1. The molecular weight excluding hydrogens is 363 g/mol. The van der Waals surface area contributed by atoms with Gasteiger partial charge in [-0.25, -0.2) is 0 Å². The van der Waals surface area contributed by atoms with Crippen LogP contribution in [0.25, 0.3) is 0 Å². The summed E-state index contributed by atoms with van der Waals surface area (Å²) in [6, 6.07) is 9.12. The van der Waals surface area contributed by atoms with E-state index >= 15 is 0 Å². The molecule has 8 heteroatoms. The number of Topliss-reactive ketones (excluding diaryl/α,β-unsaturated/α-hetero) is 1. The molecule has 0 saturated carbocycles. The zero-order valence-corrected chi connectivity index (χ0v) is 14.9. The molecule has 0 saturated heterocycles. The van der Waals surface area contributed by atoms with Gasteiger partial charge in [-0.2, -0.15) is 13.2 Å². The predicted octanol–water partition coefficient (Wildman–Crippen LogP) is 4.32. The van der Waals surface area contributed by atoms with E-state index in [2.05, 4.69) is 5.32 Å². The molecule has 1 unspecified atom stereocenters. The maximum Gasteiger partial charge on any atom is 0.418 e. The number of carbonyl (C=O) groups excluding carboxylic acids is 2. The van der Waals surface area contributed by atoms with Gasteiger partial charge in [0.25, 0.3) is 5.91 Å². The number of benzene rings is 2. The predicted molar refractivity (Wildman–Crippen MR) is 93.2 cm³/mol. The van der Waals surface area contributed by atoms with Crippen molar-refractivity contribution in [2.45, 2.75) is 26.1 Å². The van der Waals surface area contributed by atoms with Crippen LogP contribution in [-0.2, 0) is 11.0 Å². The lowest BCUT2D eigenvalue weighted by Gasteiger charge is -2.19. The van der Waals surface area contributed by atoms with E-state index in [1.54, 1.807) is 6.07 Å². The summed E-state index contributed by atoms with van der Waals surface area (Å²) in [6.45, 7) is 2.70. The smallest absolute Gasteiger partial charge is 0.418 e. The van der Waals surface area contributed by atoms with Crippen LogP contribution in [0.1, 0.15) is 29.8 Å². The molecule has 2 aromatic rings. The first-order valence-corrected chi connectivity index (χ1v) is 7.96. The quantitative estimate of drug-likeness (QED) is 0.757. The summed E-state index contributed by atoms with van der Waals surface area (Å²) in [6.07, 6.45) is -5.76. The number of para-hydroxylation sites is 1. The third-order valence-corrected chi connectivity index (χ3v) is 3.73. The number of hydrogen-bond acceptors (Lipinski definition) is 4. The van der Waals surface area contributed by atoms with E-state index in [0.717, 1.165) is 12.1 Å². The first-order chi connectivity index (χ1) is 12.6. The molecule has 2 rings (SSSR count). The summed E-state index contributed by atoms with van der Waals surface area (Å²) in [5.41, 5.74) is -1.11. The lowest BCUT2D eigenvalue weighted by molar-refractivity contribution is -0.137. The van der Waals surface area contributed by atoms with Gasteiger partial charge in [0, 0.05) is 6.07 Å². The third-order valence-electron chi connectivity index (χ3n) is 3.73. The number of hydrogen-bond donors (Lipinski definition) is 1. The molecule has 27 heavy (non-hydrogen) atoms. The fraction of sp³-hybridized carbons (Fsp3) is 0.263. The molecular formula is C19H18F3NO4. The molecule has 1 atom stereocenters. The molecule has 0 bridgehead atoms. The van der Waals surface area contributed by atoms with E-state index in [-0.39, 0.29) is 22.8 Å². The second-order valence-corrected chi connectivity index (χ2v) is 5.71. The van der Waals surface area contributed by atoms with Gasteiger partial charge in [-0.15, -0.1) is 0 Å². The second-order valence-electron chi connectivity index (χ2n) is 5.71. The SMILES string of the molecule is COc1ccc(C(C)=O)c(OC(C)C(=O)Nc2ccccc2C(F)(F)F)c1. The van der Waals surface area contributed by atoms with Crippen molar-refractivity contribution in [3.8, 4) is 11.5 Å². The van der Waals surface area contributed by atoms with Crippen molar-refractivity contribution in [2.24, 2.45) is 0 Å². The van der Waals surface area contributed by atoms with Gasteiger partial charge in [0.1, 0.15) is 11.5 Å². The number of anilines is 1. The highest BCUT2D eigenvalue weighted by molar-refractivity contribution is 5.98.